The van der Waals surface area contributed by atoms with Gasteiger partial charge in [0.2, 0.25) is 11.8 Å². The molecule has 114 valence electrons. The zero-order valence-electron chi connectivity index (χ0n) is 12.1. The molecule has 0 aromatic carbocycles. The maximum atomic E-state index is 12.2. The maximum absolute atomic E-state index is 12.2. The second-order valence-electron chi connectivity index (χ2n) is 5.14. The average molecular weight is 318 g/mol. The molecule has 3 heterocycles. The molecule has 0 spiro atoms. The highest BCUT2D eigenvalue weighted by molar-refractivity contribution is 7.16. The number of hydrogen-bond donors (Lipinski definition) is 1. The summed E-state index contributed by atoms with van der Waals surface area (Å²) in [5, 5.41) is 8.75. The van der Waals surface area contributed by atoms with Gasteiger partial charge in [-0.25, -0.2) is 4.98 Å². The first kappa shape index (κ1) is 14.5. The molecule has 0 fully saturated rings. The first-order valence-corrected chi connectivity index (χ1v) is 7.61. The van der Waals surface area contributed by atoms with E-state index in [-0.39, 0.29) is 29.8 Å². The average Bonchev–Trinajstić information content (AvgIpc) is 3.11. The minimum absolute atomic E-state index is 0.130. The van der Waals surface area contributed by atoms with Crippen molar-refractivity contribution in [1.82, 2.24) is 14.7 Å². The third-order valence-corrected chi connectivity index (χ3v) is 3.97. The minimum Gasteiger partial charge on any atom is -0.338 e. The first-order valence-electron chi connectivity index (χ1n) is 6.73. The highest BCUT2D eigenvalue weighted by Crippen LogP contribution is 2.17. The van der Waals surface area contributed by atoms with E-state index in [2.05, 4.69) is 15.5 Å². The molecule has 0 radical (unpaired) electrons. The minimum atomic E-state index is -0.370. The quantitative estimate of drug-likeness (QED) is 0.796. The monoisotopic (exact) mass is 318 g/mol. The lowest BCUT2D eigenvalue weighted by Gasteiger charge is -2.04. The van der Waals surface area contributed by atoms with Crippen molar-refractivity contribution in [1.29, 1.82) is 0 Å². The van der Waals surface area contributed by atoms with Crippen molar-refractivity contribution in [3.05, 3.63) is 39.9 Å². The van der Waals surface area contributed by atoms with E-state index >= 15 is 0 Å². The van der Waals surface area contributed by atoms with Crippen LogP contribution in [0, 0.1) is 0 Å². The molecule has 0 bridgehead atoms. The topological polar surface area (TPSA) is 90.0 Å². The van der Waals surface area contributed by atoms with E-state index in [1.807, 2.05) is 13.8 Å². The van der Waals surface area contributed by atoms with Crippen molar-refractivity contribution >= 4 is 33.3 Å². The molecule has 3 aromatic rings. The molecule has 1 N–H and O–H groups in total. The summed E-state index contributed by atoms with van der Waals surface area (Å²) >= 11 is 1.39. The molecule has 0 aliphatic carbocycles. The fourth-order valence-electron chi connectivity index (χ4n) is 1.96. The van der Waals surface area contributed by atoms with Gasteiger partial charge < -0.3 is 4.52 Å². The zero-order valence-corrected chi connectivity index (χ0v) is 12.9. The number of carbonyl (C=O) groups is 1. The summed E-state index contributed by atoms with van der Waals surface area (Å²) < 4.78 is 6.31. The van der Waals surface area contributed by atoms with Crippen LogP contribution in [0.4, 0.5) is 5.88 Å². The number of fused-ring (bicyclic) bond motifs is 1. The molecule has 0 aliphatic heterocycles. The highest BCUT2D eigenvalue weighted by Gasteiger charge is 2.12. The van der Waals surface area contributed by atoms with E-state index in [1.54, 1.807) is 17.5 Å². The number of carbonyl (C=O) groups excluding carboxylic acids is 1. The largest absolute Gasteiger partial charge is 0.338 e. The Kier molecular flexibility index (Phi) is 3.76. The van der Waals surface area contributed by atoms with Crippen LogP contribution in [0.15, 0.2) is 33.2 Å². The number of hydrogen-bond acceptors (Lipinski definition) is 6. The first-order chi connectivity index (χ1) is 10.5. The standard InChI is InChI=1S/C14H14N4O3S/c1-8(2)10-5-12(21-17-10)16-11(19)6-18-7-15-13-9(14(18)20)3-4-22-13/h3-5,7-8H,6H2,1-2H3,(H,16,19). The predicted molar refractivity (Wildman–Crippen MR) is 83.1 cm³/mol. The van der Waals surface area contributed by atoms with E-state index in [9.17, 15) is 9.59 Å². The van der Waals surface area contributed by atoms with Crippen molar-refractivity contribution in [2.24, 2.45) is 0 Å². The van der Waals surface area contributed by atoms with Gasteiger partial charge in [-0.1, -0.05) is 19.0 Å². The summed E-state index contributed by atoms with van der Waals surface area (Å²) in [6, 6.07) is 3.38. The van der Waals surface area contributed by atoms with Crippen LogP contribution >= 0.6 is 11.3 Å². The van der Waals surface area contributed by atoms with Crippen LogP contribution in [0.2, 0.25) is 0 Å². The van der Waals surface area contributed by atoms with E-state index in [0.717, 1.165) is 5.69 Å². The number of amides is 1. The maximum Gasteiger partial charge on any atom is 0.262 e. The molecule has 0 aliphatic rings. The third-order valence-electron chi connectivity index (χ3n) is 3.15. The van der Waals surface area contributed by atoms with Crippen molar-refractivity contribution in [2.75, 3.05) is 5.32 Å². The van der Waals surface area contributed by atoms with Crippen LogP contribution in [0.1, 0.15) is 25.5 Å². The molecule has 3 aromatic heterocycles. The third kappa shape index (κ3) is 2.77. The summed E-state index contributed by atoms with van der Waals surface area (Å²) in [5.41, 5.74) is 0.524. The lowest BCUT2D eigenvalue weighted by Crippen LogP contribution is -2.27. The van der Waals surface area contributed by atoms with E-state index < -0.39 is 0 Å². The Hall–Kier alpha value is -2.48. The van der Waals surface area contributed by atoms with Gasteiger partial charge in [-0.05, 0) is 17.4 Å². The molecule has 0 atom stereocenters. The number of rotatable bonds is 4. The van der Waals surface area contributed by atoms with Crippen LogP contribution in [0.25, 0.3) is 10.2 Å². The Morgan fingerprint density at radius 3 is 3.05 bits per heavy atom. The molecule has 1 amide bonds. The van der Waals surface area contributed by atoms with Gasteiger partial charge in [-0.15, -0.1) is 11.3 Å². The molecular formula is C14H14N4O3S. The molecule has 0 saturated carbocycles. The summed E-state index contributed by atoms with van der Waals surface area (Å²) in [4.78, 5) is 29.0. The SMILES string of the molecule is CC(C)c1cc(NC(=O)Cn2cnc3sccc3c2=O)on1. The van der Waals surface area contributed by atoms with Crippen LogP contribution in [-0.4, -0.2) is 20.6 Å². The van der Waals surface area contributed by atoms with Gasteiger partial charge in [0.25, 0.3) is 5.56 Å². The number of anilines is 1. The molecule has 0 saturated heterocycles. The second-order valence-corrected chi connectivity index (χ2v) is 6.03. The van der Waals surface area contributed by atoms with Gasteiger partial charge in [0.05, 0.1) is 17.4 Å². The normalized spacial score (nSPS) is 11.2. The van der Waals surface area contributed by atoms with Crippen molar-refractivity contribution in [3.63, 3.8) is 0 Å². The fraction of sp³-hybridized carbons (Fsp3) is 0.286. The molecule has 0 unspecified atom stereocenters. The van der Waals surface area contributed by atoms with E-state index in [1.165, 1.54) is 22.2 Å². The van der Waals surface area contributed by atoms with Crippen LogP contribution in [-0.2, 0) is 11.3 Å². The van der Waals surface area contributed by atoms with Crippen molar-refractivity contribution in [2.45, 2.75) is 26.3 Å². The summed E-state index contributed by atoms with van der Waals surface area (Å²) in [6.45, 7) is 3.82. The Morgan fingerprint density at radius 1 is 1.50 bits per heavy atom. The summed E-state index contributed by atoms with van der Waals surface area (Å²) in [5.74, 6) is 0.110. The smallest absolute Gasteiger partial charge is 0.262 e. The molecule has 7 nitrogen and oxygen atoms in total. The van der Waals surface area contributed by atoms with E-state index in [4.69, 9.17) is 4.52 Å². The summed E-state index contributed by atoms with van der Waals surface area (Å²) in [7, 11) is 0. The van der Waals surface area contributed by atoms with Gasteiger partial charge in [-0.3, -0.25) is 19.5 Å². The number of thiophene rings is 1. The highest BCUT2D eigenvalue weighted by atomic mass is 32.1. The van der Waals surface area contributed by atoms with Crippen molar-refractivity contribution < 1.29 is 9.32 Å². The number of nitrogens with one attached hydrogen (secondary N) is 1. The number of nitrogens with zero attached hydrogens (tertiary/aromatic N) is 3. The molecular weight excluding hydrogens is 304 g/mol. The molecule has 22 heavy (non-hydrogen) atoms. The Bertz CT molecular complexity index is 877. The fourth-order valence-corrected chi connectivity index (χ4v) is 2.68. The Balaban J connectivity index is 1.75. The van der Waals surface area contributed by atoms with Crippen LogP contribution in [0.5, 0.6) is 0 Å². The Morgan fingerprint density at radius 2 is 2.32 bits per heavy atom. The zero-order chi connectivity index (χ0) is 15.7. The number of aromatic nitrogens is 3. The van der Waals surface area contributed by atoms with Crippen LogP contribution in [0.3, 0.4) is 0 Å². The van der Waals surface area contributed by atoms with Gasteiger partial charge in [-0.2, -0.15) is 0 Å². The van der Waals surface area contributed by atoms with Gasteiger partial charge in [0.1, 0.15) is 11.4 Å². The van der Waals surface area contributed by atoms with E-state index in [0.29, 0.717) is 10.2 Å². The van der Waals surface area contributed by atoms with Crippen molar-refractivity contribution in [3.8, 4) is 0 Å². The lowest BCUT2D eigenvalue weighted by molar-refractivity contribution is -0.116. The predicted octanol–water partition coefficient (Wildman–Crippen LogP) is 2.21. The molecule has 8 heteroatoms. The molecule has 3 rings (SSSR count). The van der Waals surface area contributed by atoms with Crippen LogP contribution < -0.4 is 10.9 Å². The van der Waals surface area contributed by atoms with Gasteiger partial charge in [0.15, 0.2) is 0 Å². The van der Waals surface area contributed by atoms with Gasteiger partial charge >= 0.3 is 0 Å². The van der Waals surface area contributed by atoms with Gasteiger partial charge in [0, 0.05) is 6.07 Å². The Labute approximate surface area is 129 Å². The lowest BCUT2D eigenvalue weighted by atomic mass is 10.1. The second kappa shape index (κ2) is 5.72. The summed E-state index contributed by atoms with van der Waals surface area (Å²) in [6.07, 6.45) is 1.38.